The van der Waals surface area contributed by atoms with E-state index in [9.17, 15) is 0 Å². The molecule has 1 aromatic rings. The van der Waals surface area contributed by atoms with Crippen LogP contribution in [-0.2, 0) is 0 Å². The summed E-state index contributed by atoms with van der Waals surface area (Å²) in [5.74, 6) is 0. The first-order valence-corrected chi connectivity index (χ1v) is 5.54. The molecule has 2 rings (SSSR count). The van der Waals surface area contributed by atoms with E-state index in [0.717, 1.165) is 38.4 Å². The quantitative estimate of drug-likeness (QED) is 0.735. The summed E-state index contributed by atoms with van der Waals surface area (Å²) in [6, 6.07) is 8.95. The molecule has 1 aromatic carbocycles. The van der Waals surface area contributed by atoms with Crippen molar-refractivity contribution in [3.8, 4) is 0 Å². The molecule has 1 aliphatic heterocycles. The molecule has 0 unspecified atom stereocenters. The zero-order chi connectivity index (χ0) is 10.7. The summed E-state index contributed by atoms with van der Waals surface area (Å²) in [4.78, 5) is 4.85. The van der Waals surface area contributed by atoms with E-state index in [-0.39, 0.29) is 0 Å². The second kappa shape index (κ2) is 4.53. The van der Waals surface area contributed by atoms with Crippen LogP contribution in [0.5, 0.6) is 0 Å². The van der Waals surface area contributed by atoms with Crippen molar-refractivity contribution < 1.29 is 0 Å². The highest BCUT2D eigenvalue weighted by atomic mass is 15.3. The minimum absolute atomic E-state index is 0.727. The Labute approximate surface area is 91.5 Å². The number of rotatable bonds is 2. The maximum absolute atomic E-state index is 5.73. The predicted molar refractivity (Wildman–Crippen MR) is 64.0 cm³/mol. The van der Waals surface area contributed by atoms with Crippen LogP contribution in [0.3, 0.4) is 0 Å². The fraction of sp³-hybridized carbons (Fsp3) is 0.500. The molecule has 2 N–H and O–H groups in total. The summed E-state index contributed by atoms with van der Waals surface area (Å²) in [5.41, 5.74) is 7.68. The Bertz CT molecular complexity index is 316. The fourth-order valence-electron chi connectivity index (χ4n) is 1.99. The maximum atomic E-state index is 5.73. The lowest BCUT2D eigenvalue weighted by atomic mass is 10.2. The van der Waals surface area contributed by atoms with Gasteiger partial charge in [0, 0.05) is 43.6 Å². The summed E-state index contributed by atoms with van der Waals surface area (Å²) < 4.78 is 0. The van der Waals surface area contributed by atoms with Crippen LogP contribution in [0.25, 0.3) is 0 Å². The van der Waals surface area contributed by atoms with Gasteiger partial charge in [0.1, 0.15) is 0 Å². The minimum atomic E-state index is 0.727. The molecule has 0 spiro atoms. The first kappa shape index (κ1) is 10.3. The molecule has 0 amide bonds. The van der Waals surface area contributed by atoms with Gasteiger partial charge in [0.05, 0.1) is 0 Å². The number of piperazine rings is 1. The standard InChI is InChI=1S/C12H18N3/c1-2-14-6-8-15(9-7-14)12-5-3-4-11(13)10-12/h3,5,10H,2,6-9,13H2,1H3. The summed E-state index contributed by atoms with van der Waals surface area (Å²) in [7, 11) is 0. The number of nitrogen functional groups attached to an aromatic ring is 1. The highest BCUT2D eigenvalue weighted by molar-refractivity contribution is 5.55. The molecule has 0 bridgehead atoms. The lowest BCUT2D eigenvalue weighted by Gasteiger charge is -2.35. The molecule has 0 atom stereocenters. The van der Waals surface area contributed by atoms with Crippen molar-refractivity contribution in [2.24, 2.45) is 0 Å². The van der Waals surface area contributed by atoms with Crippen molar-refractivity contribution in [2.75, 3.05) is 43.4 Å². The van der Waals surface area contributed by atoms with Crippen molar-refractivity contribution >= 4 is 11.4 Å². The van der Waals surface area contributed by atoms with Crippen molar-refractivity contribution in [2.45, 2.75) is 6.92 Å². The van der Waals surface area contributed by atoms with Crippen molar-refractivity contribution in [3.63, 3.8) is 0 Å². The third-order valence-electron chi connectivity index (χ3n) is 2.99. The summed E-state index contributed by atoms with van der Waals surface area (Å²) in [6.45, 7) is 7.85. The molecule has 0 aromatic heterocycles. The Morgan fingerprint density at radius 1 is 1.33 bits per heavy atom. The summed E-state index contributed by atoms with van der Waals surface area (Å²) in [5, 5.41) is 0. The molecule has 15 heavy (non-hydrogen) atoms. The molecule has 3 nitrogen and oxygen atoms in total. The average molecular weight is 204 g/mol. The molecule has 81 valence electrons. The largest absolute Gasteiger partial charge is 0.398 e. The summed E-state index contributed by atoms with van der Waals surface area (Å²) in [6.07, 6.45) is 0. The third-order valence-corrected chi connectivity index (χ3v) is 2.99. The van der Waals surface area contributed by atoms with Gasteiger partial charge >= 0.3 is 0 Å². The molecular weight excluding hydrogens is 186 g/mol. The molecule has 1 saturated heterocycles. The Morgan fingerprint density at radius 3 is 2.67 bits per heavy atom. The first-order chi connectivity index (χ1) is 7.29. The highest BCUT2D eigenvalue weighted by Crippen LogP contribution is 2.18. The number of benzene rings is 1. The van der Waals surface area contributed by atoms with Crippen LogP contribution in [-0.4, -0.2) is 37.6 Å². The second-order valence-electron chi connectivity index (χ2n) is 3.92. The van der Waals surface area contributed by atoms with Gasteiger partial charge in [-0.15, -0.1) is 0 Å². The Hall–Kier alpha value is -1.22. The first-order valence-electron chi connectivity index (χ1n) is 5.54. The van der Waals surface area contributed by atoms with Gasteiger partial charge in [0.2, 0.25) is 0 Å². The average Bonchev–Trinajstić information content (AvgIpc) is 2.29. The molecular formula is C12H18N3. The summed E-state index contributed by atoms with van der Waals surface area (Å²) >= 11 is 0. The number of nitrogens with zero attached hydrogens (tertiary/aromatic N) is 2. The Morgan fingerprint density at radius 2 is 2.07 bits per heavy atom. The number of hydrogen-bond acceptors (Lipinski definition) is 3. The van der Waals surface area contributed by atoms with E-state index in [4.69, 9.17) is 5.73 Å². The zero-order valence-electron chi connectivity index (χ0n) is 9.24. The molecule has 0 saturated carbocycles. The van der Waals surface area contributed by atoms with E-state index in [0.29, 0.717) is 0 Å². The normalized spacial score (nSPS) is 18.1. The van der Waals surface area contributed by atoms with E-state index in [1.807, 2.05) is 12.1 Å². The molecule has 1 fully saturated rings. The number of likely N-dealkylation sites (N-methyl/N-ethyl adjacent to an activating group) is 1. The molecule has 0 aliphatic carbocycles. The smallest absolute Gasteiger partial charge is 0.0415 e. The van der Waals surface area contributed by atoms with Crippen LogP contribution in [0.15, 0.2) is 18.2 Å². The van der Waals surface area contributed by atoms with E-state index in [2.05, 4.69) is 28.9 Å². The minimum Gasteiger partial charge on any atom is -0.398 e. The predicted octanol–water partition coefficient (Wildman–Crippen LogP) is 1.21. The SMILES string of the molecule is CCN1CCN(c2cc[c]c(N)c2)CC1. The highest BCUT2D eigenvalue weighted by Gasteiger charge is 2.15. The van der Waals surface area contributed by atoms with Crippen LogP contribution in [0.2, 0.25) is 0 Å². The topological polar surface area (TPSA) is 32.5 Å². The van der Waals surface area contributed by atoms with Crippen molar-refractivity contribution in [1.82, 2.24) is 4.90 Å². The van der Waals surface area contributed by atoms with Crippen LogP contribution in [0.1, 0.15) is 6.92 Å². The lowest BCUT2D eigenvalue weighted by Crippen LogP contribution is -2.46. The van der Waals surface area contributed by atoms with Gasteiger partial charge in [0.15, 0.2) is 0 Å². The van der Waals surface area contributed by atoms with Crippen LogP contribution in [0, 0.1) is 6.07 Å². The number of nitrogens with two attached hydrogens (primary N) is 1. The molecule has 3 heteroatoms. The zero-order valence-corrected chi connectivity index (χ0v) is 9.24. The van der Waals surface area contributed by atoms with Gasteiger partial charge in [-0.05, 0) is 18.7 Å². The van der Waals surface area contributed by atoms with Gasteiger partial charge in [-0.1, -0.05) is 13.0 Å². The van der Waals surface area contributed by atoms with E-state index >= 15 is 0 Å². The second-order valence-corrected chi connectivity index (χ2v) is 3.92. The third kappa shape index (κ3) is 2.42. The van der Waals surface area contributed by atoms with Gasteiger partial charge < -0.3 is 15.5 Å². The van der Waals surface area contributed by atoms with Crippen LogP contribution < -0.4 is 10.6 Å². The van der Waals surface area contributed by atoms with Gasteiger partial charge in [-0.2, -0.15) is 0 Å². The lowest BCUT2D eigenvalue weighted by molar-refractivity contribution is 0.271. The van der Waals surface area contributed by atoms with Gasteiger partial charge in [0.25, 0.3) is 0 Å². The van der Waals surface area contributed by atoms with Crippen LogP contribution in [0.4, 0.5) is 11.4 Å². The number of anilines is 2. The van der Waals surface area contributed by atoms with Crippen molar-refractivity contribution in [1.29, 1.82) is 0 Å². The Balaban J connectivity index is 2.01. The molecule has 1 aliphatic rings. The monoisotopic (exact) mass is 204 g/mol. The van der Waals surface area contributed by atoms with E-state index < -0.39 is 0 Å². The molecule has 1 radical (unpaired) electrons. The Kier molecular flexibility index (Phi) is 3.11. The van der Waals surface area contributed by atoms with E-state index in [1.54, 1.807) is 0 Å². The van der Waals surface area contributed by atoms with Gasteiger partial charge in [-0.25, -0.2) is 0 Å². The fourth-order valence-corrected chi connectivity index (χ4v) is 1.99. The maximum Gasteiger partial charge on any atom is 0.0415 e. The van der Waals surface area contributed by atoms with Crippen LogP contribution >= 0.6 is 0 Å². The van der Waals surface area contributed by atoms with E-state index in [1.165, 1.54) is 5.69 Å². The molecule has 1 heterocycles. The van der Waals surface area contributed by atoms with Crippen molar-refractivity contribution in [3.05, 3.63) is 24.3 Å². The number of hydrogen-bond donors (Lipinski definition) is 1. The van der Waals surface area contributed by atoms with Gasteiger partial charge in [-0.3, -0.25) is 0 Å².